The summed E-state index contributed by atoms with van der Waals surface area (Å²) in [6.07, 6.45) is 2.03. The minimum absolute atomic E-state index is 0.0384. The van der Waals surface area contributed by atoms with Crippen LogP contribution in [0, 0.1) is 0 Å². The number of carbonyl (C=O) groups is 1. The number of ether oxygens (including phenoxy) is 1. The number of hydrogen-bond acceptors (Lipinski definition) is 6. The monoisotopic (exact) mass is 389 g/mol. The Labute approximate surface area is 164 Å². The van der Waals surface area contributed by atoms with Gasteiger partial charge < -0.3 is 9.84 Å². The van der Waals surface area contributed by atoms with Crippen molar-refractivity contribution in [2.75, 3.05) is 39.8 Å². The highest BCUT2D eigenvalue weighted by Crippen LogP contribution is 2.16. The second kappa shape index (κ2) is 9.94. The lowest BCUT2D eigenvalue weighted by Gasteiger charge is -2.34. The Morgan fingerprint density at radius 2 is 2.19 bits per heavy atom. The summed E-state index contributed by atoms with van der Waals surface area (Å²) in [4.78, 5) is 19.7. The lowest BCUT2D eigenvalue weighted by Crippen LogP contribution is -2.47. The topological polar surface area (TPSA) is 65.9 Å². The third-order valence-electron chi connectivity index (χ3n) is 4.60. The number of nitrogens with zero attached hydrogens (tertiary/aromatic N) is 3. The van der Waals surface area contributed by atoms with Crippen molar-refractivity contribution < 1.29 is 14.6 Å². The molecule has 0 bridgehead atoms. The van der Waals surface area contributed by atoms with Crippen LogP contribution in [0.4, 0.5) is 0 Å². The molecule has 0 aliphatic carbocycles. The van der Waals surface area contributed by atoms with Crippen LogP contribution in [0.1, 0.15) is 16.3 Å². The van der Waals surface area contributed by atoms with E-state index in [1.807, 2.05) is 13.1 Å². The quantitative estimate of drug-likeness (QED) is 0.709. The van der Waals surface area contributed by atoms with E-state index in [4.69, 9.17) is 14.8 Å². The van der Waals surface area contributed by atoms with Gasteiger partial charge >= 0.3 is 5.97 Å². The van der Waals surface area contributed by atoms with Crippen molar-refractivity contribution in [3.63, 3.8) is 0 Å². The van der Waals surface area contributed by atoms with E-state index >= 15 is 0 Å². The third kappa shape index (κ3) is 6.70. The highest BCUT2D eigenvalue weighted by Gasteiger charge is 2.23. The normalized spacial score (nSPS) is 18.1. The Hall–Kier alpha value is -1.80. The number of benzene rings is 1. The van der Waals surface area contributed by atoms with Gasteiger partial charge in [-0.25, -0.2) is 4.98 Å². The van der Waals surface area contributed by atoms with Gasteiger partial charge in [0.15, 0.2) is 0 Å². The van der Waals surface area contributed by atoms with Gasteiger partial charge in [-0.3, -0.25) is 14.6 Å². The minimum Gasteiger partial charge on any atom is -0.480 e. The molecule has 0 radical (unpaired) electrons. The molecule has 2 heterocycles. The maximum absolute atomic E-state index is 10.8. The number of carboxylic acid groups (broad SMARTS) is 1. The molecule has 3 rings (SSSR count). The molecule has 1 atom stereocenters. The van der Waals surface area contributed by atoms with Crippen LogP contribution in [0.3, 0.4) is 0 Å². The van der Waals surface area contributed by atoms with E-state index in [1.165, 1.54) is 10.6 Å². The number of thiazole rings is 1. The standard InChI is InChI=1S/C20H27N3O3S/c1-22(14-20(24)25)12-18-13-23(9-10-26-18)11-17-15-27-19(21-17)8-7-16-5-3-2-4-6-16/h2-6,15,18H,7-14H2,1H3,(H,24,25). The average molecular weight is 390 g/mol. The van der Waals surface area contributed by atoms with Crippen LogP contribution in [0.25, 0.3) is 0 Å². The number of aryl methyl sites for hydroxylation is 2. The van der Waals surface area contributed by atoms with Crippen LogP contribution in [0.15, 0.2) is 35.7 Å². The zero-order chi connectivity index (χ0) is 19.1. The summed E-state index contributed by atoms with van der Waals surface area (Å²) in [7, 11) is 1.82. The molecule has 6 nitrogen and oxygen atoms in total. The highest BCUT2D eigenvalue weighted by atomic mass is 32.1. The predicted molar refractivity (Wildman–Crippen MR) is 106 cm³/mol. The minimum atomic E-state index is -0.810. The van der Waals surface area contributed by atoms with E-state index in [0.717, 1.165) is 38.2 Å². The van der Waals surface area contributed by atoms with Gasteiger partial charge in [0.25, 0.3) is 0 Å². The average Bonchev–Trinajstić information content (AvgIpc) is 3.08. The number of aromatic nitrogens is 1. The molecule has 1 aliphatic heterocycles. The fourth-order valence-electron chi connectivity index (χ4n) is 3.34. The second-order valence-electron chi connectivity index (χ2n) is 7.04. The van der Waals surface area contributed by atoms with Crippen molar-refractivity contribution >= 4 is 17.3 Å². The number of hydrogen-bond donors (Lipinski definition) is 1. The van der Waals surface area contributed by atoms with Crippen molar-refractivity contribution in [2.24, 2.45) is 0 Å². The first-order valence-corrected chi connectivity index (χ1v) is 10.2. The van der Waals surface area contributed by atoms with E-state index in [2.05, 4.69) is 34.5 Å². The van der Waals surface area contributed by atoms with Crippen LogP contribution in [0.2, 0.25) is 0 Å². The molecule has 1 fully saturated rings. The molecule has 0 spiro atoms. The summed E-state index contributed by atoms with van der Waals surface area (Å²) in [5.41, 5.74) is 2.46. The lowest BCUT2D eigenvalue weighted by molar-refractivity contribution is -0.138. The highest BCUT2D eigenvalue weighted by molar-refractivity contribution is 7.09. The first-order chi connectivity index (χ1) is 13.1. The Morgan fingerprint density at radius 1 is 1.37 bits per heavy atom. The number of aliphatic carboxylic acids is 1. The molecular weight excluding hydrogens is 362 g/mol. The van der Waals surface area contributed by atoms with Crippen molar-refractivity contribution in [1.82, 2.24) is 14.8 Å². The summed E-state index contributed by atoms with van der Waals surface area (Å²) in [6, 6.07) is 10.5. The summed E-state index contributed by atoms with van der Waals surface area (Å²) < 4.78 is 5.80. The van der Waals surface area contributed by atoms with Crippen molar-refractivity contribution in [3.05, 3.63) is 52.0 Å². The predicted octanol–water partition coefficient (Wildman–Crippen LogP) is 2.15. The van der Waals surface area contributed by atoms with Crippen molar-refractivity contribution in [2.45, 2.75) is 25.5 Å². The van der Waals surface area contributed by atoms with E-state index < -0.39 is 5.97 Å². The molecule has 27 heavy (non-hydrogen) atoms. The third-order valence-corrected chi connectivity index (χ3v) is 5.56. The molecule has 1 aromatic carbocycles. The van der Waals surface area contributed by atoms with E-state index in [0.29, 0.717) is 13.2 Å². The Balaban J connectivity index is 1.46. The maximum atomic E-state index is 10.8. The van der Waals surface area contributed by atoms with E-state index in [1.54, 1.807) is 16.2 Å². The first-order valence-electron chi connectivity index (χ1n) is 9.30. The maximum Gasteiger partial charge on any atom is 0.317 e. The fourth-order valence-corrected chi connectivity index (χ4v) is 4.13. The largest absolute Gasteiger partial charge is 0.480 e. The number of likely N-dealkylation sites (N-methyl/N-ethyl adjacent to an activating group) is 1. The van der Waals surface area contributed by atoms with Gasteiger partial charge in [0, 0.05) is 38.0 Å². The van der Waals surface area contributed by atoms with Gasteiger partial charge in [-0.2, -0.15) is 0 Å². The van der Waals surface area contributed by atoms with Crippen molar-refractivity contribution in [3.8, 4) is 0 Å². The number of morpholine rings is 1. The Morgan fingerprint density at radius 3 is 2.96 bits per heavy atom. The molecule has 0 saturated carbocycles. The van der Waals surface area contributed by atoms with E-state index in [-0.39, 0.29) is 12.6 Å². The zero-order valence-electron chi connectivity index (χ0n) is 15.7. The molecule has 1 N–H and O–H groups in total. The van der Waals surface area contributed by atoms with Crippen LogP contribution in [0.5, 0.6) is 0 Å². The summed E-state index contributed by atoms with van der Waals surface area (Å²) in [5.74, 6) is -0.810. The van der Waals surface area contributed by atoms with Crippen LogP contribution in [-0.2, 0) is 28.9 Å². The Kier molecular flexibility index (Phi) is 7.34. The molecule has 0 amide bonds. The van der Waals surface area contributed by atoms with Gasteiger partial charge in [-0.1, -0.05) is 30.3 Å². The lowest BCUT2D eigenvalue weighted by atomic mass is 10.1. The summed E-state index contributed by atoms with van der Waals surface area (Å²) in [6.45, 7) is 3.86. The van der Waals surface area contributed by atoms with Gasteiger partial charge in [-0.15, -0.1) is 11.3 Å². The van der Waals surface area contributed by atoms with Gasteiger partial charge in [0.2, 0.25) is 0 Å². The number of carboxylic acids is 1. The van der Waals surface area contributed by atoms with Crippen molar-refractivity contribution in [1.29, 1.82) is 0 Å². The molecule has 1 unspecified atom stereocenters. The molecule has 1 aliphatic rings. The zero-order valence-corrected chi connectivity index (χ0v) is 16.5. The van der Waals surface area contributed by atoms with Crippen LogP contribution >= 0.6 is 11.3 Å². The van der Waals surface area contributed by atoms with Crippen LogP contribution < -0.4 is 0 Å². The Bertz CT molecular complexity index is 722. The van der Waals surface area contributed by atoms with Gasteiger partial charge in [-0.05, 0) is 19.0 Å². The SMILES string of the molecule is CN(CC(=O)O)CC1CN(Cc2csc(CCc3ccccc3)n2)CCO1. The first kappa shape index (κ1) is 19.9. The molecular formula is C20H27N3O3S. The van der Waals surface area contributed by atoms with Crippen LogP contribution in [-0.4, -0.2) is 71.8 Å². The summed E-state index contributed by atoms with van der Waals surface area (Å²) >= 11 is 1.73. The molecule has 2 aromatic rings. The van der Waals surface area contributed by atoms with E-state index in [9.17, 15) is 4.79 Å². The van der Waals surface area contributed by atoms with Gasteiger partial charge in [0.05, 0.1) is 30.0 Å². The fraction of sp³-hybridized carbons (Fsp3) is 0.500. The second-order valence-corrected chi connectivity index (χ2v) is 7.98. The van der Waals surface area contributed by atoms with Gasteiger partial charge in [0.1, 0.15) is 0 Å². The summed E-state index contributed by atoms with van der Waals surface area (Å²) in [5, 5.41) is 12.2. The molecule has 146 valence electrons. The molecule has 1 saturated heterocycles. The number of rotatable bonds is 9. The molecule has 7 heteroatoms. The molecule has 1 aromatic heterocycles. The smallest absolute Gasteiger partial charge is 0.317 e.